The average Bonchev–Trinajstić information content (AvgIpc) is 2.79. The van der Waals surface area contributed by atoms with Crippen LogP contribution >= 0.6 is 0 Å². The van der Waals surface area contributed by atoms with E-state index >= 15 is 0 Å². The molecule has 2 N–H and O–H groups in total. The molecule has 0 aliphatic carbocycles. The second kappa shape index (κ2) is 9.37. The zero-order chi connectivity index (χ0) is 13.2. The van der Waals surface area contributed by atoms with Gasteiger partial charge in [0.15, 0.2) is 0 Å². The lowest BCUT2D eigenvalue weighted by atomic mass is 10.0. The van der Waals surface area contributed by atoms with Crippen LogP contribution in [0.1, 0.15) is 77.6 Å². The Morgan fingerprint density at radius 2 is 1.78 bits per heavy atom. The average molecular weight is 255 g/mol. The molecule has 0 aromatic heterocycles. The van der Waals surface area contributed by atoms with Gasteiger partial charge in [0, 0.05) is 6.42 Å². The van der Waals surface area contributed by atoms with Crippen LogP contribution in [0.3, 0.4) is 0 Å². The molecule has 0 radical (unpaired) electrons. The smallest absolute Gasteiger partial charge is 0.220 e. The highest BCUT2D eigenvalue weighted by Crippen LogP contribution is 2.16. The summed E-state index contributed by atoms with van der Waals surface area (Å²) < 4.78 is 0. The van der Waals surface area contributed by atoms with Gasteiger partial charge in [-0.3, -0.25) is 4.79 Å². The van der Waals surface area contributed by atoms with Crippen molar-refractivity contribution in [3.63, 3.8) is 0 Å². The summed E-state index contributed by atoms with van der Waals surface area (Å²) >= 11 is 0. The molecule has 1 saturated heterocycles. The predicted octanol–water partition coefficient (Wildman–Crippen LogP) is 3.16. The van der Waals surface area contributed by atoms with Crippen LogP contribution in [0.5, 0.6) is 0 Å². The molecule has 0 spiro atoms. The first-order valence-corrected chi connectivity index (χ1v) is 7.71. The SMILES string of the molecule is CCCCCCCCCC[C@@H](O)[C@@H]1CCC(=O)N1. The topological polar surface area (TPSA) is 49.3 Å². The lowest BCUT2D eigenvalue weighted by Crippen LogP contribution is -2.36. The summed E-state index contributed by atoms with van der Waals surface area (Å²) in [4.78, 5) is 11.0. The lowest BCUT2D eigenvalue weighted by Gasteiger charge is -2.17. The molecule has 0 saturated carbocycles. The zero-order valence-corrected chi connectivity index (χ0v) is 11.8. The number of nitrogens with one attached hydrogen (secondary N) is 1. The van der Waals surface area contributed by atoms with Crippen molar-refractivity contribution in [2.24, 2.45) is 0 Å². The van der Waals surface area contributed by atoms with Gasteiger partial charge in [-0.05, 0) is 12.8 Å². The fourth-order valence-electron chi connectivity index (χ4n) is 2.61. The minimum atomic E-state index is -0.337. The maximum absolute atomic E-state index is 11.0. The molecule has 0 bridgehead atoms. The summed E-state index contributed by atoms with van der Waals surface area (Å²) in [6, 6.07) is 0.0158. The van der Waals surface area contributed by atoms with E-state index in [1.807, 2.05) is 0 Å². The van der Waals surface area contributed by atoms with E-state index in [0.717, 1.165) is 19.3 Å². The van der Waals surface area contributed by atoms with Gasteiger partial charge < -0.3 is 10.4 Å². The Hall–Kier alpha value is -0.570. The number of aliphatic hydroxyl groups excluding tert-OH is 1. The Bertz CT molecular complexity index is 231. The van der Waals surface area contributed by atoms with E-state index in [1.54, 1.807) is 0 Å². The largest absolute Gasteiger partial charge is 0.391 e. The minimum Gasteiger partial charge on any atom is -0.391 e. The van der Waals surface area contributed by atoms with Gasteiger partial charge in [-0.15, -0.1) is 0 Å². The second-order valence-electron chi connectivity index (χ2n) is 5.54. The van der Waals surface area contributed by atoms with E-state index in [0.29, 0.717) is 6.42 Å². The van der Waals surface area contributed by atoms with E-state index in [9.17, 15) is 9.90 Å². The molecular formula is C15H29NO2. The van der Waals surface area contributed by atoms with Gasteiger partial charge in [-0.1, -0.05) is 58.3 Å². The molecule has 0 aromatic rings. The summed E-state index contributed by atoms with van der Waals surface area (Å²) in [5.41, 5.74) is 0. The number of hydrogen-bond acceptors (Lipinski definition) is 2. The van der Waals surface area contributed by atoms with Crippen LogP contribution < -0.4 is 5.32 Å². The highest BCUT2D eigenvalue weighted by Gasteiger charge is 2.26. The molecule has 2 atom stereocenters. The van der Waals surface area contributed by atoms with Crippen LogP contribution in [0, 0.1) is 0 Å². The Balaban J connectivity index is 1.89. The molecule has 1 heterocycles. The number of hydrogen-bond donors (Lipinski definition) is 2. The standard InChI is InChI=1S/C15H29NO2/c1-2-3-4-5-6-7-8-9-10-14(17)13-11-12-15(18)16-13/h13-14,17H,2-12H2,1H3,(H,16,18)/t13-,14+/m0/s1. The summed E-state index contributed by atoms with van der Waals surface area (Å²) in [5, 5.41) is 12.8. The molecule has 1 amide bonds. The van der Waals surface area contributed by atoms with Gasteiger partial charge in [0.05, 0.1) is 12.1 Å². The number of aliphatic hydroxyl groups is 1. The monoisotopic (exact) mass is 255 g/mol. The fourth-order valence-corrected chi connectivity index (χ4v) is 2.61. The van der Waals surface area contributed by atoms with Crippen LogP contribution in [0.2, 0.25) is 0 Å². The normalized spacial score (nSPS) is 21.0. The van der Waals surface area contributed by atoms with Crippen molar-refractivity contribution >= 4 is 5.91 Å². The third-order valence-electron chi connectivity index (χ3n) is 3.85. The van der Waals surface area contributed by atoms with Crippen molar-refractivity contribution in [2.45, 2.75) is 89.7 Å². The van der Waals surface area contributed by atoms with Gasteiger partial charge >= 0.3 is 0 Å². The number of carbonyl (C=O) groups excluding carboxylic acids is 1. The Morgan fingerprint density at radius 3 is 2.33 bits per heavy atom. The number of rotatable bonds is 10. The zero-order valence-electron chi connectivity index (χ0n) is 11.8. The van der Waals surface area contributed by atoms with E-state index in [2.05, 4.69) is 12.2 Å². The summed E-state index contributed by atoms with van der Waals surface area (Å²) in [6.07, 6.45) is 12.2. The first-order valence-electron chi connectivity index (χ1n) is 7.71. The van der Waals surface area contributed by atoms with Crippen LogP contribution in [0.15, 0.2) is 0 Å². The molecule has 0 unspecified atom stereocenters. The van der Waals surface area contributed by atoms with Crippen molar-refractivity contribution in [2.75, 3.05) is 0 Å². The number of unbranched alkanes of at least 4 members (excludes halogenated alkanes) is 7. The molecule has 106 valence electrons. The quantitative estimate of drug-likeness (QED) is 0.589. The van der Waals surface area contributed by atoms with Gasteiger partial charge in [0.1, 0.15) is 0 Å². The summed E-state index contributed by atoms with van der Waals surface area (Å²) in [5.74, 6) is 0.0926. The highest BCUT2D eigenvalue weighted by atomic mass is 16.3. The Kier molecular flexibility index (Phi) is 8.06. The highest BCUT2D eigenvalue weighted by molar-refractivity contribution is 5.78. The molecular weight excluding hydrogens is 226 g/mol. The molecule has 3 nitrogen and oxygen atoms in total. The second-order valence-corrected chi connectivity index (χ2v) is 5.54. The van der Waals surface area contributed by atoms with Gasteiger partial charge in [0.2, 0.25) is 5.91 Å². The van der Waals surface area contributed by atoms with E-state index in [1.165, 1.54) is 44.9 Å². The summed E-state index contributed by atoms with van der Waals surface area (Å²) in [7, 11) is 0. The third kappa shape index (κ3) is 6.39. The first kappa shape index (κ1) is 15.5. The number of amides is 1. The Morgan fingerprint density at radius 1 is 1.17 bits per heavy atom. The first-order chi connectivity index (χ1) is 8.74. The van der Waals surface area contributed by atoms with E-state index in [4.69, 9.17) is 0 Å². The van der Waals surface area contributed by atoms with Crippen molar-refractivity contribution in [3.8, 4) is 0 Å². The van der Waals surface area contributed by atoms with Crippen LogP contribution in [0.25, 0.3) is 0 Å². The molecule has 0 aromatic carbocycles. The fraction of sp³-hybridized carbons (Fsp3) is 0.933. The van der Waals surface area contributed by atoms with Crippen molar-refractivity contribution < 1.29 is 9.90 Å². The lowest BCUT2D eigenvalue weighted by molar-refractivity contribution is -0.119. The van der Waals surface area contributed by atoms with Gasteiger partial charge in [-0.2, -0.15) is 0 Å². The molecule has 1 fully saturated rings. The van der Waals surface area contributed by atoms with Crippen LogP contribution in [-0.4, -0.2) is 23.2 Å². The van der Waals surface area contributed by atoms with Crippen LogP contribution in [-0.2, 0) is 4.79 Å². The van der Waals surface area contributed by atoms with Gasteiger partial charge in [0.25, 0.3) is 0 Å². The van der Waals surface area contributed by atoms with Crippen molar-refractivity contribution in [1.29, 1.82) is 0 Å². The van der Waals surface area contributed by atoms with E-state index < -0.39 is 0 Å². The molecule has 1 aliphatic heterocycles. The van der Waals surface area contributed by atoms with Crippen LogP contribution in [0.4, 0.5) is 0 Å². The van der Waals surface area contributed by atoms with Crippen molar-refractivity contribution in [3.05, 3.63) is 0 Å². The maximum atomic E-state index is 11.0. The van der Waals surface area contributed by atoms with E-state index in [-0.39, 0.29) is 18.1 Å². The third-order valence-corrected chi connectivity index (χ3v) is 3.85. The Labute approximate surface area is 111 Å². The maximum Gasteiger partial charge on any atom is 0.220 e. The van der Waals surface area contributed by atoms with Crippen molar-refractivity contribution in [1.82, 2.24) is 5.32 Å². The molecule has 18 heavy (non-hydrogen) atoms. The molecule has 1 rings (SSSR count). The van der Waals surface area contributed by atoms with Gasteiger partial charge in [-0.25, -0.2) is 0 Å². The number of carbonyl (C=O) groups is 1. The molecule has 3 heteroatoms. The minimum absolute atomic E-state index is 0.0158. The summed E-state index contributed by atoms with van der Waals surface area (Å²) in [6.45, 7) is 2.24. The predicted molar refractivity (Wildman–Crippen MR) is 74.4 cm³/mol. The molecule has 1 aliphatic rings.